The topological polar surface area (TPSA) is 54.5 Å². The zero-order valence-corrected chi connectivity index (χ0v) is 15.2. The van der Waals surface area contributed by atoms with E-state index in [-0.39, 0.29) is 10.8 Å². The van der Waals surface area contributed by atoms with E-state index < -0.39 is 9.84 Å². The molecule has 0 aliphatic carbocycles. The van der Waals surface area contributed by atoms with Crippen LogP contribution in [0.5, 0.6) is 0 Å². The van der Waals surface area contributed by atoms with Crippen LogP contribution in [0.4, 0.5) is 5.69 Å². The molecule has 2 aromatic rings. The standard InChI is InChI=1S/C18H19NO3S2/c1-13-10-11-19(16-8-3-4-9-17(16)23-13)18(20)14-6-5-7-15(12-14)24(2,21)22/h3-9,12-13H,10-11H2,1-2H3/t13-/m1/s1. The molecular weight excluding hydrogens is 342 g/mol. The van der Waals surface area contributed by atoms with Crippen molar-refractivity contribution in [2.24, 2.45) is 0 Å². The molecule has 0 bridgehead atoms. The van der Waals surface area contributed by atoms with Crippen LogP contribution in [0, 0.1) is 0 Å². The number of rotatable bonds is 2. The molecule has 1 amide bonds. The quantitative estimate of drug-likeness (QED) is 0.820. The Balaban J connectivity index is 2.01. The number of hydrogen-bond donors (Lipinski definition) is 0. The highest BCUT2D eigenvalue weighted by Gasteiger charge is 2.25. The summed E-state index contributed by atoms with van der Waals surface area (Å²) in [7, 11) is -3.34. The lowest BCUT2D eigenvalue weighted by molar-refractivity contribution is 0.0986. The minimum Gasteiger partial charge on any atom is -0.307 e. The SMILES string of the molecule is C[C@@H]1CCN(C(=O)c2cccc(S(C)(=O)=O)c2)c2ccccc2S1. The molecule has 0 fully saturated rings. The monoisotopic (exact) mass is 361 g/mol. The molecule has 0 saturated carbocycles. The number of amides is 1. The molecule has 0 aromatic heterocycles. The van der Waals surface area contributed by atoms with Crippen LogP contribution in [0.3, 0.4) is 0 Å². The van der Waals surface area contributed by atoms with Crippen LogP contribution in [0.1, 0.15) is 23.7 Å². The Kier molecular flexibility index (Phi) is 4.69. The molecule has 2 aromatic carbocycles. The first-order chi connectivity index (χ1) is 11.4. The molecule has 4 nitrogen and oxygen atoms in total. The first-order valence-corrected chi connectivity index (χ1v) is 10.5. The van der Waals surface area contributed by atoms with Gasteiger partial charge in [0.1, 0.15) is 0 Å². The van der Waals surface area contributed by atoms with Gasteiger partial charge in [0.15, 0.2) is 9.84 Å². The normalized spacial score (nSPS) is 17.9. The lowest BCUT2D eigenvalue weighted by atomic mass is 10.1. The minimum atomic E-state index is -3.34. The average Bonchev–Trinajstić information content (AvgIpc) is 2.72. The molecule has 1 atom stereocenters. The number of nitrogens with zero attached hydrogens (tertiary/aromatic N) is 1. The number of para-hydroxylation sites is 1. The Morgan fingerprint density at radius 3 is 2.67 bits per heavy atom. The zero-order valence-electron chi connectivity index (χ0n) is 13.6. The Hall–Kier alpha value is -1.79. The summed E-state index contributed by atoms with van der Waals surface area (Å²) in [5.74, 6) is -0.164. The van der Waals surface area contributed by atoms with Crippen LogP contribution < -0.4 is 4.90 Å². The van der Waals surface area contributed by atoms with Crippen molar-refractivity contribution in [3.8, 4) is 0 Å². The van der Waals surface area contributed by atoms with E-state index in [2.05, 4.69) is 6.92 Å². The number of carbonyl (C=O) groups is 1. The Labute approximate surface area is 146 Å². The molecule has 126 valence electrons. The van der Waals surface area contributed by atoms with Crippen molar-refractivity contribution in [1.82, 2.24) is 0 Å². The predicted octanol–water partition coefficient (Wildman–Crippen LogP) is 3.62. The van der Waals surface area contributed by atoms with Gasteiger partial charge in [0, 0.05) is 28.5 Å². The maximum atomic E-state index is 13.0. The minimum absolute atomic E-state index is 0.164. The lowest BCUT2D eigenvalue weighted by Gasteiger charge is -2.22. The second-order valence-electron chi connectivity index (χ2n) is 5.94. The van der Waals surface area contributed by atoms with Gasteiger partial charge in [0.25, 0.3) is 5.91 Å². The Morgan fingerprint density at radius 2 is 1.92 bits per heavy atom. The smallest absolute Gasteiger partial charge is 0.258 e. The first kappa shape index (κ1) is 17.0. The summed E-state index contributed by atoms with van der Waals surface area (Å²) in [4.78, 5) is 16.0. The third kappa shape index (κ3) is 3.49. The van der Waals surface area contributed by atoms with Gasteiger partial charge in [-0.1, -0.05) is 25.1 Å². The molecule has 1 heterocycles. The second kappa shape index (κ2) is 6.61. The lowest BCUT2D eigenvalue weighted by Crippen LogP contribution is -2.32. The summed E-state index contributed by atoms with van der Waals surface area (Å²) in [5.41, 5.74) is 1.29. The van der Waals surface area contributed by atoms with Crippen molar-refractivity contribution in [2.75, 3.05) is 17.7 Å². The molecule has 0 radical (unpaired) electrons. The fourth-order valence-corrected chi connectivity index (χ4v) is 4.49. The molecule has 0 saturated heterocycles. The van der Waals surface area contributed by atoms with Crippen molar-refractivity contribution >= 4 is 33.2 Å². The van der Waals surface area contributed by atoms with Crippen LogP contribution in [0.2, 0.25) is 0 Å². The summed E-state index contributed by atoms with van der Waals surface area (Å²) in [6.45, 7) is 2.77. The molecule has 6 heteroatoms. The molecule has 3 rings (SSSR count). The fraction of sp³-hybridized carbons (Fsp3) is 0.278. The van der Waals surface area contributed by atoms with E-state index in [1.54, 1.807) is 28.8 Å². The molecule has 1 aliphatic rings. The third-order valence-corrected chi connectivity index (χ3v) is 6.35. The van der Waals surface area contributed by atoms with E-state index in [1.807, 2.05) is 24.3 Å². The first-order valence-electron chi connectivity index (χ1n) is 7.74. The van der Waals surface area contributed by atoms with Crippen LogP contribution in [-0.2, 0) is 9.84 Å². The van der Waals surface area contributed by atoms with Crippen LogP contribution in [0.25, 0.3) is 0 Å². The van der Waals surface area contributed by atoms with Gasteiger partial charge in [-0.3, -0.25) is 4.79 Å². The molecule has 24 heavy (non-hydrogen) atoms. The Morgan fingerprint density at radius 1 is 1.17 bits per heavy atom. The van der Waals surface area contributed by atoms with Crippen LogP contribution in [0.15, 0.2) is 58.3 Å². The zero-order chi connectivity index (χ0) is 17.3. The number of benzene rings is 2. The van der Waals surface area contributed by atoms with E-state index in [0.717, 1.165) is 23.3 Å². The summed E-state index contributed by atoms with van der Waals surface area (Å²) in [5, 5.41) is 0.423. The van der Waals surface area contributed by atoms with E-state index in [0.29, 0.717) is 17.4 Å². The largest absolute Gasteiger partial charge is 0.307 e. The van der Waals surface area contributed by atoms with Crippen molar-refractivity contribution in [2.45, 2.75) is 28.4 Å². The summed E-state index contributed by atoms with van der Waals surface area (Å²) in [6, 6.07) is 14.1. The highest BCUT2D eigenvalue weighted by atomic mass is 32.2. The van der Waals surface area contributed by atoms with Gasteiger partial charge < -0.3 is 4.90 Å². The molecule has 0 unspecified atom stereocenters. The Bertz CT molecular complexity index is 877. The fourth-order valence-electron chi connectivity index (χ4n) is 2.71. The number of fused-ring (bicyclic) bond motifs is 1. The highest BCUT2D eigenvalue weighted by molar-refractivity contribution is 8.00. The highest BCUT2D eigenvalue weighted by Crippen LogP contribution is 2.37. The van der Waals surface area contributed by atoms with E-state index in [9.17, 15) is 13.2 Å². The van der Waals surface area contributed by atoms with Gasteiger partial charge in [0.05, 0.1) is 10.6 Å². The third-order valence-electron chi connectivity index (χ3n) is 4.00. The number of sulfone groups is 1. The van der Waals surface area contributed by atoms with E-state index >= 15 is 0 Å². The summed E-state index contributed by atoms with van der Waals surface area (Å²) >= 11 is 1.77. The number of hydrogen-bond acceptors (Lipinski definition) is 4. The van der Waals surface area contributed by atoms with E-state index in [1.165, 1.54) is 12.1 Å². The maximum absolute atomic E-state index is 13.0. The van der Waals surface area contributed by atoms with Crippen LogP contribution in [-0.4, -0.2) is 32.4 Å². The second-order valence-corrected chi connectivity index (χ2v) is 9.44. The summed E-state index contributed by atoms with van der Waals surface area (Å²) in [6.07, 6.45) is 2.03. The van der Waals surface area contributed by atoms with Gasteiger partial charge in [0.2, 0.25) is 0 Å². The van der Waals surface area contributed by atoms with Gasteiger partial charge in [-0.15, -0.1) is 11.8 Å². The maximum Gasteiger partial charge on any atom is 0.258 e. The van der Waals surface area contributed by atoms with Gasteiger partial charge in [-0.2, -0.15) is 0 Å². The van der Waals surface area contributed by atoms with E-state index in [4.69, 9.17) is 0 Å². The van der Waals surface area contributed by atoms with Crippen molar-refractivity contribution < 1.29 is 13.2 Å². The molecule has 0 spiro atoms. The average molecular weight is 361 g/mol. The van der Waals surface area contributed by atoms with Crippen molar-refractivity contribution in [3.63, 3.8) is 0 Å². The van der Waals surface area contributed by atoms with Gasteiger partial charge in [-0.05, 0) is 36.8 Å². The number of anilines is 1. The van der Waals surface area contributed by atoms with Crippen molar-refractivity contribution in [3.05, 3.63) is 54.1 Å². The van der Waals surface area contributed by atoms with Crippen molar-refractivity contribution in [1.29, 1.82) is 0 Å². The van der Waals surface area contributed by atoms with Crippen LogP contribution >= 0.6 is 11.8 Å². The molecule has 1 aliphatic heterocycles. The van der Waals surface area contributed by atoms with Gasteiger partial charge in [-0.25, -0.2) is 8.42 Å². The number of carbonyl (C=O) groups excluding carboxylic acids is 1. The number of thioether (sulfide) groups is 1. The van der Waals surface area contributed by atoms with Gasteiger partial charge >= 0.3 is 0 Å². The predicted molar refractivity (Wildman–Crippen MR) is 97.6 cm³/mol. The summed E-state index contributed by atoms with van der Waals surface area (Å²) < 4.78 is 23.5. The molecule has 0 N–H and O–H groups in total. The molecular formula is C18H19NO3S2.